The van der Waals surface area contributed by atoms with Crippen LogP contribution in [0.2, 0.25) is 0 Å². The fourth-order valence-electron chi connectivity index (χ4n) is 3.80. The predicted octanol–water partition coefficient (Wildman–Crippen LogP) is 1.68. The summed E-state index contributed by atoms with van der Waals surface area (Å²) in [6, 6.07) is 13.6. The third-order valence-corrected chi connectivity index (χ3v) is 5.39. The molecule has 2 heterocycles. The summed E-state index contributed by atoms with van der Waals surface area (Å²) < 4.78 is 0. The van der Waals surface area contributed by atoms with Gasteiger partial charge in [0.05, 0.1) is 0 Å². The molecule has 0 bridgehead atoms. The largest absolute Gasteiger partial charge is 0.347 e. The van der Waals surface area contributed by atoms with Crippen molar-refractivity contribution in [2.45, 2.75) is 25.8 Å². The maximum absolute atomic E-state index is 12.2. The summed E-state index contributed by atoms with van der Waals surface area (Å²) >= 11 is 0. The standard InChI is InChI=1S/C22H24N4O3/c27-20-8-5-16-13-18(6-7-19(16)25-20)24-22(29)21(28)23-10-12-26-11-9-15-3-1-2-4-17(15)14-26/h1-4,6-7,13H,5,8-12,14H2,(H,23,28)(H,24,29)(H,25,27). The molecule has 29 heavy (non-hydrogen) atoms. The van der Waals surface area contributed by atoms with Crippen LogP contribution in [-0.2, 0) is 33.8 Å². The van der Waals surface area contributed by atoms with Gasteiger partial charge in [0.1, 0.15) is 0 Å². The number of hydrogen-bond acceptors (Lipinski definition) is 4. The van der Waals surface area contributed by atoms with E-state index in [-0.39, 0.29) is 5.91 Å². The lowest BCUT2D eigenvalue weighted by Gasteiger charge is -2.28. The van der Waals surface area contributed by atoms with Crippen LogP contribution in [0.25, 0.3) is 0 Å². The van der Waals surface area contributed by atoms with Crippen LogP contribution < -0.4 is 16.0 Å². The van der Waals surface area contributed by atoms with Gasteiger partial charge in [-0.05, 0) is 47.7 Å². The average molecular weight is 392 g/mol. The molecular weight excluding hydrogens is 368 g/mol. The van der Waals surface area contributed by atoms with Crippen LogP contribution in [0.1, 0.15) is 23.1 Å². The molecule has 7 heteroatoms. The summed E-state index contributed by atoms with van der Waals surface area (Å²) in [4.78, 5) is 38.0. The Morgan fingerprint density at radius 3 is 2.66 bits per heavy atom. The summed E-state index contributed by atoms with van der Waals surface area (Å²) in [7, 11) is 0. The van der Waals surface area contributed by atoms with E-state index < -0.39 is 11.8 Å². The fourth-order valence-corrected chi connectivity index (χ4v) is 3.80. The first kappa shape index (κ1) is 19.1. The maximum atomic E-state index is 12.2. The van der Waals surface area contributed by atoms with Crippen LogP contribution in [0, 0.1) is 0 Å². The first-order valence-corrected chi connectivity index (χ1v) is 9.89. The topological polar surface area (TPSA) is 90.5 Å². The third kappa shape index (κ3) is 4.63. The van der Waals surface area contributed by atoms with Crippen LogP contribution >= 0.6 is 0 Å². The van der Waals surface area contributed by atoms with Crippen LogP contribution in [0.4, 0.5) is 11.4 Å². The summed E-state index contributed by atoms with van der Waals surface area (Å²) in [5, 5.41) is 8.11. The van der Waals surface area contributed by atoms with E-state index >= 15 is 0 Å². The van der Waals surface area contributed by atoms with Crippen molar-refractivity contribution in [1.82, 2.24) is 10.2 Å². The zero-order valence-electron chi connectivity index (χ0n) is 16.2. The van der Waals surface area contributed by atoms with Gasteiger partial charge in [0.25, 0.3) is 0 Å². The first-order chi connectivity index (χ1) is 14.1. The SMILES string of the molecule is O=C1CCc2cc(NC(=O)C(=O)NCCN3CCc4ccccc4C3)ccc2N1. The van der Waals surface area contributed by atoms with Gasteiger partial charge in [-0.25, -0.2) is 0 Å². The number of carbonyl (C=O) groups is 3. The van der Waals surface area contributed by atoms with Crippen molar-refractivity contribution in [3.8, 4) is 0 Å². The molecule has 2 aliphatic rings. The lowest BCUT2D eigenvalue weighted by molar-refractivity contribution is -0.136. The van der Waals surface area contributed by atoms with Gasteiger partial charge >= 0.3 is 11.8 Å². The molecule has 0 aromatic heterocycles. The van der Waals surface area contributed by atoms with Crippen LogP contribution in [0.3, 0.4) is 0 Å². The highest BCUT2D eigenvalue weighted by Gasteiger charge is 2.19. The highest BCUT2D eigenvalue weighted by atomic mass is 16.2. The molecule has 150 valence electrons. The van der Waals surface area contributed by atoms with Gasteiger partial charge in [0, 0.05) is 44.0 Å². The van der Waals surface area contributed by atoms with Crippen molar-refractivity contribution in [2.75, 3.05) is 30.3 Å². The number of nitrogens with zero attached hydrogens (tertiary/aromatic N) is 1. The lowest BCUT2D eigenvalue weighted by atomic mass is 10.00. The minimum absolute atomic E-state index is 0.00847. The van der Waals surface area contributed by atoms with E-state index in [1.54, 1.807) is 18.2 Å². The van der Waals surface area contributed by atoms with Crippen LogP contribution in [0.15, 0.2) is 42.5 Å². The molecule has 0 saturated carbocycles. The van der Waals surface area contributed by atoms with Crippen molar-refractivity contribution < 1.29 is 14.4 Å². The normalized spacial score (nSPS) is 15.7. The molecule has 4 rings (SSSR count). The van der Waals surface area contributed by atoms with Crippen molar-refractivity contribution in [1.29, 1.82) is 0 Å². The second-order valence-electron chi connectivity index (χ2n) is 7.42. The lowest BCUT2D eigenvalue weighted by Crippen LogP contribution is -2.41. The number of rotatable bonds is 4. The zero-order chi connectivity index (χ0) is 20.2. The number of amides is 3. The molecule has 0 fully saturated rings. The molecule has 0 saturated heterocycles. The monoisotopic (exact) mass is 392 g/mol. The minimum Gasteiger partial charge on any atom is -0.347 e. The molecule has 2 aliphatic heterocycles. The van der Waals surface area contributed by atoms with E-state index in [1.165, 1.54) is 11.1 Å². The smallest absolute Gasteiger partial charge is 0.313 e. The summed E-state index contributed by atoms with van der Waals surface area (Å²) in [5.41, 5.74) is 4.97. The fraction of sp³-hybridized carbons (Fsp3) is 0.318. The van der Waals surface area contributed by atoms with E-state index in [0.717, 1.165) is 30.8 Å². The predicted molar refractivity (Wildman–Crippen MR) is 110 cm³/mol. The number of carbonyl (C=O) groups excluding carboxylic acids is 3. The van der Waals surface area contributed by atoms with E-state index in [1.807, 2.05) is 6.07 Å². The Labute approximate surface area is 169 Å². The van der Waals surface area contributed by atoms with Crippen molar-refractivity contribution >= 4 is 29.1 Å². The van der Waals surface area contributed by atoms with Gasteiger partial charge in [-0.3, -0.25) is 19.3 Å². The molecule has 0 spiro atoms. The number of aryl methyl sites for hydroxylation is 1. The number of anilines is 2. The molecule has 0 unspecified atom stereocenters. The van der Waals surface area contributed by atoms with Gasteiger partial charge in [0.2, 0.25) is 5.91 Å². The number of benzene rings is 2. The van der Waals surface area contributed by atoms with Gasteiger partial charge in [0.15, 0.2) is 0 Å². The Kier molecular flexibility index (Phi) is 5.57. The average Bonchev–Trinajstić information content (AvgIpc) is 2.73. The van der Waals surface area contributed by atoms with Gasteiger partial charge in [-0.15, -0.1) is 0 Å². The Morgan fingerprint density at radius 2 is 1.79 bits per heavy atom. The minimum atomic E-state index is -0.686. The van der Waals surface area contributed by atoms with E-state index in [9.17, 15) is 14.4 Å². The molecule has 0 radical (unpaired) electrons. The zero-order valence-corrected chi connectivity index (χ0v) is 16.2. The Balaban J connectivity index is 1.24. The maximum Gasteiger partial charge on any atom is 0.313 e. The second-order valence-corrected chi connectivity index (χ2v) is 7.42. The van der Waals surface area contributed by atoms with Crippen molar-refractivity contribution in [2.24, 2.45) is 0 Å². The van der Waals surface area contributed by atoms with Crippen LogP contribution in [-0.4, -0.2) is 42.3 Å². The van der Waals surface area contributed by atoms with E-state index in [2.05, 4.69) is 39.0 Å². The van der Waals surface area contributed by atoms with Crippen LogP contribution in [0.5, 0.6) is 0 Å². The van der Waals surface area contributed by atoms with E-state index in [0.29, 0.717) is 31.6 Å². The summed E-state index contributed by atoms with van der Waals surface area (Å²) in [5.74, 6) is -1.34. The third-order valence-electron chi connectivity index (χ3n) is 5.39. The highest BCUT2D eigenvalue weighted by Crippen LogP contribution is 2.25. The van der Waals surface area contributed by atoms with E-state index in [4.69, 9.17) is 0 Å². The van der Waals surface area contributed by atoms with Gasteiger partial charge in [-0.1, -0.05) is 24.3 Å². The second kappa shape index (κ2) is 8.45. The molecule has 7 nitrogen and oxygen atoms in total. The Hall–Kier alpha value is -3.19. The molecule has 0 atom stereocenters. The van der Waals surface area contributed by atoms with Gasteiger partial charge in [-0.2, -0.15) is 0 Å². The number of hydrogen-bond donors (Lipinski definition) is 3. The molecule has 2 aromatic rings. The quantitative estimate of drug-likeness (QED) is 0.691. The molecule has 3 amide bonds. The first-order valence-electron chi connectivity index (χ1n) is 9.89. The molecule has 0 aliphatic carbocycles. The molecular formula is C22H24N4O3. The molecule has 2 aromatic carbocycles. The van der Waals surface area contributed by atoms with Crippen molar-refractivity contribution in [3.63, 3.8) is 0 Å². The Bertz CT molecular complexity index is 957. The molecule has 3 N–H and O–H groups in total. The summed E-state index contributed by atoms with van der Waals surface area (Å²) in [6.45, 7) is 2.94. The Morgan fingerprint density at radius 1 is 0.966 bits per heavy atom. The van der Waals surface area contributed by atoms with Gasteiger partial charge < -0.3 is 16.0 Å². The number of fused-ring (bicyclic) bond motifs is 2. The van der Waals surface area contributed by atoms with Crippen molar-refractivity contribution in [3.05, 3.63) is 59.2 Å². The summed E-state index contributed by atoms with van der Waals surface area (Å²) in [6.07, 6.45) is 2.05. The number of nitrogens with one attached hydrogen (secondary N) is 3. The highest BCUT2D eigenvalue weighted by molar-refractivity contribution is 6.39.